The monoisotopic (exact) mass is 339 g/mol. The zero-order valence-corrected chi connectivity index (χ0v) is 14.1. The van der Waals surface area contributed by atoms with Gasteiger partial charge in [-0.1, -0.05) is 30.3 Å². The van der Waals surface area contributed by atoms with Crippen molar-refractivity contribution in [3.05, 3.63) is 59.8 Å². The van der Waals surface area contributed by atoms with Crippen LogP contribution in [0.25, 0.3) is 0 Å². The maximum atomic E-state index is 12.5. The van der Waals surface area contributed by atoms with Gasteiger partial charge >= 0.3 is 0 Å². The number of hydrogen-bond acceptors (Lipinski definition) is 4. The fraction of sp³-hybridized carbons (Fsp3) is 0.316. The van der Waals surface area contributed by atoms with Crippen LogP contribution in [-0.2, 0) is 16.1 Å². The highest BCUT2D eigenvalue weighted by atomic mass is 16.5. The van der Waals surface area contributed by atoms with E-state index in [1.54, 1.807) is 24.1 Å². The predicted octanol–water partition coefficient (Wildman–Crippen LogP) is 2.47. The fourth-order valence-electron chi connectivity index (χ4n) is 2.73. The molecule has 1 N–H and O–H groups in total. The van der Waals surface area contributed by atoms with E-state index < -0.39 is 6.10 Å². The van der Waals surface area contributed by atoms with Gasteiger partial charge in [-0.3, -0.25) is 9.59 Å². The van der Waals surface area contributed by atoms with Crippen molar-refractivity contribution in [2.24, 2.45) is 0 Å². The van der Waals surface area contributed by atoms with Gasteiger partial charge in [0.25, 0.3) is 11.8 Å². The molecular formula is C19H21N3O3. The topological polar surface area (TPSA) is 71.5 Å². The number of nitrogens with one attached hydrogen (secondary N) is 1. The number of carbonyl (C=O) groups is 2. The molecular weight excluding hydrogens is 318 g/mol. The molecule has 1 atom stereocenters. The first-order valence-electron chi connectivity index (χ1n) is 8.31. The molecule has 0 saturated carbocycles. The van der Waals surface area contributed by atoms with Crippen molar-refractivity contribution in [1.82, 2.24) is 9.88 Å². The Morgan fingerprint density at radius 1 is 1.24 bits per heavy atom. The number of amides is 2. The van der Waals surface area contributed by atoms with Crippen molar-refractivity contribution < 1.29 is 14.3 Å². The lowest BCUT2D eigenvalue weighted by Gasteiger charge is -2.17. The van der Waals surface area contributed by atoms with Gasteiger partial charge in [0.2, 0.25) is 0 Å². The van der Waals surface area contributed by atoms with E-state index in [4.69, 9.17) is 4.74 Å². The Bertz CT molecular complexity index is 725. The van der Waals surface area contributed by atoms with Crippen LogP contribution in [0.15, 0.2) is 48.7 Å². The molecule has 0 bridgehead atoms. The van der Waals surface area contributed by atoms with Crippen molar-refractivity contribution in [3.63, 3.8) is 0 Å². The molecule has 6 nitrogen and oxygen atoms in total. The van der Waals surface area contributed by atoms with Gasteiger partial charge in [0.05, 0.1) is 5.56 Å². The summed E-state index contributed by atoms with van der Waals surface area (Å²) in [5, 5.41) is 2.72. The Labute approximate surface area is 146 Å². The van der Waals surface area contributed by atoms with Crippen LogP contribution in [0.2, 0.25) is 0 Å². The summed E-state index contributed by atoms with van der Waals surface area (Å²) in [5.74, 6) is 0.112. The Hall–Kier alpha value is -2.73. The second-order valence-corrected chi connectivity index (χ2v) is 6.07. The number of ether oxygens (including phenoxy) is 1. The number of rotatable bonds is 5. The first kappa shape index (κ1) is 17.1. The number of benzene rings is 1. The zero-order valence-electron chi connectivity index (χ0n) is 14.1. The summed E-state index contributed by atoms with van der Waals surface area (Å²) in [6.45, 7) is 1.14. The molecule has 2 aromatic rings. The predicted molar refractivity (Wildman–Crippen MR) is 94.1 cm³/mol. The van der Waals surface area contributed by atoms with Crippen molar-refractivity contribution in [3.8, 4) is 0 Å². The van der Waals surface area contributed by atoms with E-state index in [2.05, 4.69) is 10.3 Å². The summed E-state index contributed by atoms with van der Waals surface area (Å²) >= 11 is 0. The van der Waals surface area contributed by atoms with Gasteiger partial charge in [-0.05, 0) is 30.5 Å². The van der Waals surface area contributed by atoms with E-state index in [-0.39, 0.29) is 11.8 Å². The SMILES string of the molecule is CN(Cc1ccccc1)C(=O)c1ccc(NC(=O)[C@@H]2CCCO2)nc1. The van der Waals surface area contributed by atoms with Crippen LogP contribution < -0.4 is 5.32 Å². The second-order valence-electron chi connectivity index (χ2n) is 6.07. The van der Waals surface area contributed by atoms with Gasteiger partial charge in [0, 0.05) is 26.4 Å². The highest BCUT2D eigenvalue weighted by Gasteiger charge is 2.23. The quantitative estimate of drug-likeness (QED) is 0.908. The minimum Gasteiger partial charge on any atom is -0.368 e. The lowest BCUT2D eigenvalue weighted by Crippen LogP contribution is -2.28. The number of anilines is 1. The summed E-state index contributed by atoms with van der Waals surface area (Å²) in [6, 6.07) is 13.1. The molecule has 0 spiro atoms. The summed E-state index contributed by atoms with van der Waals surface area (Å²) in [7, 11) is 1.75. The molecule has 2 amide bonds. The van der Waals surface area contributed by atoms with E-state index in [1.807, 2.05) is 30.3 Å². The third-order valence-electron chi connectivity index (χ3n) is 4.09. The molecule has 130 valence electrons. The first-order chi connectivity index (χ1) is 12.1. The lowest BCUT2D eigenvalue weighted by molar-refractivity contribution is -0.124. The number of carbonyl (C=O) groups excluding carboxylic acids is 2. The molecule has 25 heavy (non-hydrogen) atoms. The summed E-state index contributed by atoms with van der Waals surface area (Å²) < 4.78 is 5.34. The third kappa shape index (κ3) is 4.42. The average molecular weight is 339 g/mol. The first-order valence-corrected chi connectivity index (χ1v) is 8.31. The lowest BCUT2D eigenvalue weighted by atomic mass is 10.2. The van der Waals surface area contributed by atoms with Gasteiger partial charge in [-0.2, -0.15) is 0 Å². The normalized spacial score (nSPS) is 16.4. The van der Waals surface area contributed by atoms with Crippen LogP contribution in [0.3, 0.4) is 0 Å². The van der Waals surface area contributed by atoms with E-state index in [9.17, 15) is 9.59 Å². The molecule has 0 unspecified atom stereocenters. The van der Waals surface area contributed by atoms with Crippen molar-refractivity contribution in [2.45, 2.75) is 25.5 Å². The third-order valence-corrected chi connectivity index (χ3v) is 4.09. The Kier molecular flexibility index (Phi) is 5.40. The molecule has 6 heteroatoms. The van der Waals surface area contributed by atoms with Crippen molar-refractivity contribution in [2.75, 3.05) is 19.0 Å². The molecule has 2 heterocycles. The van der Waals surface area contributed by atoms with Gasteiger partial charge in [0.1, 0.15) is 11.9 Å². The smallest absolute Gasteiger partial charge is 0.255 e. The summed E-state index contributed by atoms with van der Waals surface area (Å²) in [6.07, 6.45) is 2.70. The van der Waals surface area contributed by atoms with Crippen LogP contribution in [0, 0.1) is 0 Å². The summed E-state index contributed by atoms with van der Waals surface area (Å²) in [5.41, 5.74) is 1.54. The molecule has 3 rings (SSSR count). The standard InChI is InChI=1S/C19H21N3O3/c1-22(13-14-6-3-2-4-7-14)19(24)15-9-10-17(20-12-15)21-18(23)16-8-5-11-25-16/h2-4,6-7,9-10,12,16H,5,8,11,13H2,1H3,(H,20,21,23)/t16-/m0/s1. The van der Waals surface area contributed by atoms with Gasteiger partial charge in [-0.15, -0.1) is 0 Å². The van der Waals surface area contributed by atoms with Crippen LogP contribution in [-0.4, -0.2) is 41.5 Å². The van der Waals surface area contributed by atoms with Gasteiger partial charge in [-0.25, -0.2) is 4.98 Å². The van der Waals surface area contributed by atoms with Gasteiger partial charge in [0.15, 0.2) is 0 Å². The van der Waals surface area contributed by atoms with Crippen LogP contribution in [0.4, 0.5) is 5.82 Å². The van der Waals surface area contributed by atoms with Crippen molar-refractivity contribution in [1.29, 1.82) is 0 Å². The molecule has 1 fully saturated rings. The highest BCUT2D eigenvalue weighted by molar-refractivity contribution is 5.95. The second kappa shape index (κ2) is 7.90. The largest absolute Gasteiger partial charge is 0.368 e. The minimum atomic E-state index is -0.403. The number of pyridine rings is 1. The molecule has 1 saturated heterocycles. The minimum absolute atomic E-state index is 0.117. The average Bonchev–Trinajstić information content (AvgIpc) is 3.17. The number of hydrogen-bond donors (Lipinski definition) is 1. The molecule has 1 aliphatic heterocycles. The Morgan fingerprint density at radius 3 is 2.68 bits per heavy atom. The zero-order chi connectivity index (χ0) is 17.6. The number of nitrogens with zero attached hydrogens (tertiary/aromatic N) is 2. The molecule has 1 aromatic heterocycles. The maximum Gasteiger partial charge on any atom is 0.255 e. The Morgan fingerprint density at radius 2 is 2.04 bits per heavy atom. The molecule has 0 aliphatic carbocycles. The number of aromatic nitrogens is 1. The van der Waals surface area contributed by atoms with E-state index in [1.165, 1.54) is 6.20 Å². The van der Waals surface area contributed by atoms with E-state index in [0.29, 0.717) is 24.5 Å². The van der Waals surface area contributed by atoms with Crippen molar-refractivity contribution >= 4 is 17.6 Å². The molecule has 1 aromatic carbocycles. The fourth-order valence-corrected chi connectivity index (χ4v) is 2.73. The Balaban J connectivity index is 1.59. The van der Waals surface area contributed by atoms with Crippen LogP contribution in [0.5, 0.6) is 0 Å². The van der Waals surface area contributed by atoms with Crippen LogP contribution >= 0.6 is 0 Å². The molecule has 1 aliphatic rings. The summed E-state index contributed by atoms with van der Waals surface area (Å²) in [4.78, 5) is 30.3. The maximum absolute atomic E-state index is 12.5. The van der Waals surface area contributed by atoms with E-state index >= 15 is 0 Å². The van der Waals surface area contributed by atoms with E-state index in [0.717, 1.165) is 18.4 Å². The van der Waals surface area contributed by atoms with Gasteiger partial charge < -0.3 is 15.0 Å². The highest BCUT2D eigenvalue weighted by Crippen LogP contribution is 2.15. The molecule has 0 radical (unpaired) electrons. The van der Waals surface area contributed by atoms with Crippen LogP contribution in [0.1, 0.15) is 28.8 Å².